The number of aryl methyl sites for hydroxylation is 1. The highest BCUT2D eigenvalue weighted by atomic mass is 16.2. The summed E-state index contributed by atoms with van der Waals surface area (Å²) in [6, 6.07) is 15.3. The maximum Gasteiger partial charge on any atom is 0.251 e. The predicted octanol–water partition coefficient (Wildman–Crippen LogP) is 2.14. The first-order valence-corrected chi connectivity index (χ1v) is 8.40. The standard InChI is InChI=1S/C20H25N3O2/c1-14-6-8-16(9-7-14)12-23-20(25)18-5-3-4-17(10-18)13-22-19(24)15(2)11-21/h3-10,15H,11-13,21H2,1-2H3,(H,22,24)(H,23,25). The summed E-state index contributed by atoms with van der Waals surface area (Å²) in [7, 11) is 0. The van der Waals surface area contributed by atoms with Gasteiger partial charge in [0.25, 0.3) is 5.91 Å². The van der Waals surface area contributed by atoms with Gasteiger partial charge in [-0.05, 0) is 30.2 Å². The predicted molar refractivity (Wildman–Crippen MR) is 98.9 cm³/mol. The summed E-state index contributed by atoms with van der Waals surface area (Å²) < 4.78 is 0. The van der Waals surface area contributed by atoms with E-state index in [0.29, 0.717) is 25.2 Å². The Balaban J connectivity index is 1.92. The van der Waals surface area contributed by atoms with Crippen LogP contribution in [-0.2, 0) is 17.9 Å². The Morgan fingerprint density at radius 3 is 2.36 bits per heavy atom. The van der Waals surface area contributed by atoms with Crippen LogP contribution in [0.25, 0.3) is 0 Å². The smallest absolute Gasteiger partial charge is 0.251 e. The molecule has 1 atom stereocenters. The van der Waals surface area contributed by atoms with Gasteiger partial charge in [-0.1, -0.05) is 48.9 Å². The first kappa shape index (κ1) is 18.7. The van der Waals surface area contributed by atoms with E-state index >= 15 is 0 Å². The fourth-order valence-corrected chi connectivity index (χ4v) is 2.28. The van der Waals surface area contributed by atoms with Gasteiger partial charge in [0.15, 0.2) is 0 Å². The Labute approximate surface area is 148 Å². The molecule has 2 amide bonds. The zero-order chi connectivity index (χ0) is 18.2. The van der Waals surface area contributed by atoms with Gasteiger partial charge in [0.2, 0.25) is 5.91 Å². The molecular formula is C20H25N3O2. The van der Waals surface area contributed by atoms with E-state index in [2.05, 4.69) is 10.6 Å². The van der Waals surface area contributed by atoms with Crippen LogP contribution >= 0.6 is 0 Å². The number of hydrogen-bond donors (Lipinski definition) is 3. The molecule has 25 heavy (non-hydrogen) atoms. The third-order valence-electron chi connectivity index (χ3n) is 4.03. The number of carbonyl (C=O) groups excluding carboxylic acids is 2. The third-order valence-corrected chi connectivity index (χ3v) is 4.03. The quantitative estimate of drug-likeness (QED) is 0.722. The molecule has 2 aromatic carbocycles. The van der Waals surface area contributed by atoms with Crippen LogP contribution in [-0.4, -0.2) is 18.4 Å². The van der Waals surface area contributed by atoms with Crippen LogP contribution in [0, 0.1) is 12.8 Å². The van der Waals surface area contributed by atoms with E-state index in [1.54, 1.807) is 19.1 Å². The van der Waals surface area contributed by atoms with Crippen molar-refractivity contribution in [2.45, 2.75) is 26.9 Å². The third kappa shape index (κ3) is 5.72. The zero-order valence-corrected chi connectivity index (χ0v) is 14.7. The zero-order valence-electron chi connectivity index (χ0n) is 14.7. The van der Waals surface area contributed by atoms with Crippen molar-refractivity contribution in [3.05, 3.63) is 70.8 Å². The highest BCUT2D eigenvalue weighted by Gasteiger charge is 2.11. The average Bonchev–Trinajstić information content (AvgIpc) is 2.64. The van der Waals surface area contributed by atoms with E-state index in [1.807, 2.05) is 43.3 Å². The summed E-state index contributed by atoms with van der Waals surface area (Å²) in [5.41, 5.74) is 9.17. The molecule has 0 bridgehead atoms. The molecule has 0 aliphatic rings. The van der Waals surface area contributed by atoms with Crippen molar-refractivity contribution in [2.24, 2.45) is 11.7 Å². The fourth-order valence-electron chi connectivity index (χ4n) is 2.28. The second kappa shape index (κ2) is 8.99. The molecule has 0 spiro atoms. The summed E-state index contributed by atoms with van der Waals surface area (Å²) >= 11 is 0. The minimum absolute atomic E-state index is 0.0864. The largest absolute Gasteiger partial charge is 0.352 e. The highest BCUT2D eigenvalue weighted by Crippen LogP contribution is 2.07. The first-order chi connectivity index (χ1) is 12.0. The van der Waals surface area contributed by atoms with Crippen LogP contribution in [0.5, 0.6) is 0 Å². The van der Waals surface area contributed by atoms with Gasteiger partial charge < -0.3 is 16.4 Å². The number of amides is 2. The van der Waals surface area contributed by atoms with E-state index in [1.165, 1.54) is 5.56 Å². The molecule has 132 valence electrons. The Bertz CT molecular complexity index is 726. The van der Waals surface area contributed by atoms with E-state index in [4.69, 9.17) is 5.73 Å². The van der Waals surface area contributed by atoms with Crippen molar-refractivity contribution in [1.82, 2.24) is 10.6 Å². The molecule has 0 heterocycles. The first-order valence-electron chi connectivity index (χ1n) is 8.40. The van der Waals surface area contributed by atoms with Crippen LogP contribution in [0.15, 0.2) is 48.5 Å². The number of nitrogens with two attached hydrogens (primary N) is 1. The summed E-state index contributed by atoms with van der Waals surface area (Å²) in [5.74, 6) is -0.443. The van der Waals surface area contributed by atoms with Gasteiger partial charge in [-0.3, -0.25) is 9.59 Å². The lowest BCUT2D eigenvalue weighted by atomic mass is 10.1. The average molecular weight is 339 g/mol. The minimum Gasteiger partial charge on any atom is -0.352 e. The van der Waals surface area contributed by atoms with Gasteiger partial charge in [-0.2, -0.15) is 0 Å². The molecule has 0 saturated heterocycles. The molecule has 0 saturated carbocycles. The highest BCUT2D eigenvalue weighted by molar-refractivity contribution is 5.94. The molecule has 0 radical (unpaired) electrons. The van der Waals surface area contributed by atoms with Gasteiger partial charge in [0.1, 0.15) is 0 Å². The molecule has 0 aliphatic heterocycles. The lowest BCUT2D eigenvalue weighted by molar-refractivity contribution is -0.124. The molecule has 0 aromatic heterocycles. The molecular weight excluding hydrogens is 314 g/mol. The normalized spacial score (nSPS) is 11.6. The Morgan fingerprint density at radius 2 is 1.68 bits per heavy atom. The molecule has 5 heteroatoms. The number of hydrogen-bond acceptors (Lipinski definition) is 3. The molecule has 5 nitrogen and oxygen atoms in total. The van der Waals surface area contributed by atoms with Crippen molar-refractivity contribution in [2.75, 3.05) is 6.54 Å². The van der Waals surface area contributed by atoms with Crippen LogP contribution in [0.3, 0.4) is 0 Å². The van der Waals surface area contributed by atoms with Crippen LogP contribution in [0.4, 0.5) is 0 Å². The van der Waals surface area contributed by atoms with Crippen LogP contribution in [0.2, 0.25) is 0 Å². The van der Waals surface area contributed by atoms with Gasteiger partial charge in [0.05, 0.1) is 0 Å². The van der Waals surface area contributed by atoms with Crippen LogP contribution < -0.4 is 16.4 Å². The fraction of sp³-hybridized carbons (Fsp3) is 0.300. The summed E-state index contributed by atoms with van der Waals surface area (Å²) in [5, 5.41) is 5.74. The number of carbonyl (C=O) groups is 2. The maximum absolute atomic E-state index is 12.3. The second-order valence-corrected chi connectivity index (χ2v) is 6.22. The van der Waals surface area contributed by atoms with Gasteiger partial charge in [0, 0.05) is 31.1 Å². The van der Waals surface area contributed by atoms with Crippen molar-refractivity contribution in [3.8, 4) is 0 Å². The topological polar surface area (TPSA) is 84.2 Å². The monoisotopic (exact) mass is 339 g/mol. The number of nitrogens with one attached hydrogen (secondary N) is 2. The molecule has 0 fully saturated rings. The lowest BCUT2D eigenvalue weighted by Gasteiger charge is -2.11. The summed E-state index contributed by atoms with van der Waals surface area (Å²) in [6.07, 6.45) is 0. The van der Waals surface area contributed by atoms with Crippen molar-refractivity contribution >= 4 is 11.8 Å². The van der Waals surface area contributed by atoms with E-state index in [-0.39, 0.29) is 17.7 Å². The van der Waals surface area contributed by atoms with Gasteiger partial charge >= 0.3 is 0 Å². The van der Waals surface area contributed by atoms with Crippen molar-refractivity contribution in [3.63, 3.8) is 0 Å². The lowest BCUT2D eigenvalue weighted by Crippen LogP contribution is -2.32. The number of rotatable bonds is 7. The Hall–Kier alpha value is -2.66. The Morgan fingerprint density at radius 1 is 1.00 bits per heavy atom. The molecule has 2 rings (SSSR count). The number of benzene rings is 2. The van der Waals surface area contributed by atoms with E-state index in [0.717, 1.165) is 11.1 Å². The van der Waals surface area contributed by atoms with Crippen LogP contribution in [0.1, 0.15) is 34.0 Å². The van der Waals surface area contributed by atoms with Crippen molar-refractivity contribution in [1.29, 1.82) is 0 Å². The second-order valence-electron chi connectivity index (χ2n) is 6.22. The molecule has 0 aliphatic carbocycles. The maximum atomic E-state index is 12.3. The van der Waals surface area contributed by atoms with Crippen molar-refractivity contribution < 1.29 is 9.59 Å². The van der Waals surface area contributed by atoms with Gasteiger partial charge in [-0.15, -0.1) is 0 Å². The minimum atomic E-state index is -0.221. The summed E-state index contributed by atoms with van der Waals surface area (Å²) in [6.45, 7) is 4.98. The van der Waals surface area contributed by atoms with Gasteiger partial charge in [-0.25, -0.2) is 0 Å². The summed E-state index contributed by atoms with van der Waals surface area (Å²) in [4.78, 5) is 24.1. The molecule has 4 N–H and O–H groups in total. The van der Waals surface area contributed by atoms with E-state index in [9.17, 15) is 9.59 Å². The SMILES string of the molecule is Cc1ccc(CNC(=O)c2cccc(CNC(=O)C(C)CN)c2)cc1. The molecule has 2 aromatic rings. The van der Waals surface area contributed by atoms with E-state index < -0.39 is 0 Å². The molecule has 1 unspecified atom stereocenters. The Kier molecular flexibility index (Phi) is 6.71.